The molecule has 1 heterocycles. The summed E-state index contributed by atoms with van der Waals surface area (Å²) in [4.78, 5) is 1.72. The SMILES string of the molecule is NCCN(Cc1ccco1)c1ccc(F)cc1F. The van der Waals surface area contributed by atoms with Crippen molar-refractivity contribution >= 4 is 5.69 Å². The van der Waals surface area contributed by atoms with Crippen molar-refractivity contribution in [1.29, 1.82) is 0 Å². The van der Waals surface area contributed by atoms with E-state index >= 15 is 0 Å². The van der Waals surface area contributed by atoms with Crippen LogP contribution in [-0.4, -0.2) is 13.1 Å². The van der Waals surface area contributed by atoms with Crippen molar-refractivity contribution in [2.45, 2.75) is 6.54 Å². The van der Waals surface area contributed by atoms with Crippen LogP contribution in [0, 0.1) is 11.6 Å². The van der Waals surface area contributed by atoms with Crippen molar-refractivity contribution in [3.8, 4) is 0 Å². The fourth-order valence-electron chi connectivity index (χ4n) is 1.77. The first-order chi connectivity index (χ1) is 8.70. The third kappa shape index (κ3) is 2.87. The Hall–Kier alpha value is -1.88. The normalized spacial score (nSPS) is 10.6. The molecule has 2 aromatic rings. The summed E-state index contributed by atoms with van der Waals surface area (Å²) in [5.41, 5.74) is 5.82. The average molecular weight is 252 g/mol. The zero-order chi connectivity index (χ0) is 13.0. The summed E-state index contributed by atoms with van der Waals surface area (Å²) in [6.07, 6.45) is 1.55. The van der Waals surface area contributed by atoms with Gasteiger partial charge in [0.05, 0.1) is 18.5 Å². The maximum absolute atomic E-state index is 13.7. The zero-order valence-electron chi connectivity index (χ0n) is 9.77. The molecular formula is C13H14F2N2O. The van der Waals surface area contributed by atoms with Crippen molar-refractivity contribution in [3.63, 3.8) is 0 Å². The lowest BCUT2D eigenvalue weighted by Crippen LogP contribution is -2.29. The van der Waals surface area contributed by atoms with Crippen LogP contribution in [0.1, 0.15) is 5.76 Å². The zero-order valence-corrected chi connectivity index (χ0v) is 9.77. The number of anilines is 1. The predicted octanol–water partition coefficient (Wildman–Crippen LogP) is 2.52. The molecule has 0 aliphatic rings. The van der Waals surface area contributed by atoms with Crippen LogP contribution in [0.3, 0.4) is 0 Å². The van der Waals surface area contributed by atoms with Crippen LogP contribution in [0.5, 0.6) is 0 Å². The molecule has 18 heavy (non-hydrogen) atoms. The van der Waals surface area contributed by atoms with Crippen LogP contribution < -0.4 is 10.6 Å². The quantitative estimate of drug-likeness (QED) is 0.889. The van der Waals surface area contributed by atoms with E-state index in [2.05, 4.69) is 0 Å². The van der Waals surface area contributed by atoms with Gasteiger partial charge in [0.1, 0.15) is 17.4 Å². The predicted molar refractivity (Wildman–Crippen MR) is 65.2 cm³/mol. The van der Waals surface area contributed by atoms with Crippen molar-refractivity contribution in [2.24, 2.45) is 5.73 Å². The summed E-state index contributed by atoms with van der Waals surface area (Å²) < 4.78 is 31.8. The minimum Gasteiger partial charge on any atom is -0.467 e. The second-order valence-corrected chi connectivity index (χ2v) is 3.89. The van der Waals surface area contributed by atoms with E-state index in [-0.39, 0.29) is 0 Å². The van der Waals surface area contributed by atoms with Crippen LogP contribution >= 0.6 is 0 Å². The van der Waals surface area contributed by atoms with Gasteiger partial charge in [-0.1, -0.05) is 0 Å². The number of nitrogens with two attached hydrogens (primary N) is 1. The van der Waals surface area contributed by atoms with E-state index in [9.17, 15) is 8.78 Å². The fourth-order valence-corrected chi connectivity index (χ4v) is 1.77. The molecule has 96 valence electrons. The van der Waals surface area contributed by atoms with E-state index in [1.807, 2.05) is 0 Å². The molecule has 0 aliphatic carbocycles. The first-order valence-electron chi connectivity index (χ1n) is 5.63. The van der Waals surface area contributed by atoms with Crippen LogP contribution in [0.15, 0.2) is 41.0 Å². The number of hydrogen-bond acceptors (Lipinski definition) is 3. The molecule has 0 radical (unpaired) electrons. The lowest BCUT2D eigenvalue weighted by Gasteiger charge is -2.23. The third-order valence-corrected chi connectivity index (χ3v) is 2.58. The lowest BCUT2D eigenvalue weighted by atomic mass is 10.2. The summed E-state index contributed by atoms with van der Waals surface area (Å²) in [5, 5.41) is 0. The molecule has 5 heteroatoms. The van der Waals surface area contributed by atoms with Gasteiger partial charge in [0.25, 0.3) is 0 Å². The number of benzene rings is 1. The molecule has 1 aromatic carbocycles. The second-order valence-electron chi connectivity index (χ2n) is 3.89. The molecule has 0 aliphatic heterocycles. The highest BCUT2D eigenvalue weighted by Gasteiger charge is 2.13. The Morgan fingerprint density at radius 1 is 1.22 bits per heavy atom. The van der Waals surface area contributed by atoms with Gasteiger partial charge in [-0.25, -0.2) is 8.78 Å². The van der Waals surface area contributed by atoms with Gasteiger partial charge in [-0.15, -0.1) is 0 Å². The lowest BCUT2D eigenvalue weighted by molar-refractivity contribution is 0.499. The minimum absolute atomic E-state index is 0.318. The molecular weight excluding hydrogens is 238 g/mol. The second kappa shape index (κ2) is 5.64. The number of furan rings is 1. The van der Waals surface area contributed by atoms with Crippen molar-refractivity contribution < 1.29 is 13.2 Å². The maximum Gasteiger partial charge on any atom is 0.149 e. The molecule has 3 nitrogen and oxygen atoms in total. The summed E-state index contributed by atoms with van der Waals surface area (Å²) in [6.45, 7) is 1.23. The third-order valence-electron chi connectivity index (χ3n) is 2.58. The molecule has 2 N–H and O–H groups in total. The molecule has 0 unspecified atom stereocenters. The van der Waals surface area contributed by atoms with Crippen LogP contribution in [-0.2, 0) is 6.54 Å². The van der Waals surface area contributed by atoms with Crippen LogP contribution in [0.25, 0.3) is 0 Å². The number of nitrogens with zero attached hydrogens (tertiary/aromatic N) is 1. The van der Waals surface area contributed by atoms with E-state index in [4.69, 9.17) is 10.2 Å². The Bertz CT molecular complexity index is 500. The summed E-state index contributed by atoms with van der Waals surface area (Å²) in [6, 6.07) is 7.05. The topological polar surface area (TPSA) is 42.4 Å². The van der Waals surface area contributed by atoms with E-state index < -0.39 is 11.6 Å². The molecule has 0 bridgehead atoms. The van der Waals surface area contributed by atoms with Gasteiger partial charge >= 0.3 is 0 Å². The van der Waals surface area contributed by atoms with Gasteiger partial charge in [-0.3, -0.25) is 0 Å². The Morgan fingerprint density at radius 3 is 2.67 bits per heavy atom. The van der Waals surface area contributed by atoms with Gasteiger partial charge in [0, 0.05) is 19.2 Å². The van der Waals surface area contributed by atoms with Gasteiger partial charge in [-0.2, -0.15) is 0 Å². The largest absolute Gasteiger partial charge is 0.467 e. The molecule has 2 rings (SSSR count). The smallest absolute Gasteiger partial charge is 0.149 e. The van der Waals surface area contributed by atoms with E-state index in [1.165, 1.54) is 12.1 Å². The highest BCUT2D eigenvalue weighted by molar-refractivity contribution is 5.48. The average Bonchev–Trinajstić information content (AvgIpc) is 2.81. The monoisotopic (exact) mass is 252 g/mol. The minimum atomic E-state index is -0.602. The summed E-state index contributed by atoms with van der Waals surface area (Å²) in [5.74, 6) is -0.496. The molecule has 0 saturated carbocycles. The van der Waals surface area contributed by atoms with Crippen molar-refractivity contribution in [2.75, 3.05) is 18.0 Å². The first kappa shape index (κ1) is 12.6. The summed E-state index contributed by atoms with van der Waals surface area (Å²) in [7, 11) is 0. The molecule has 0 atom stereocenters. The highest BCUT2D eigenvalue weighted by atomic mass is 19.1. The Balaban J connectivity index is 2.23. The van der Waals surface area contributed by atoms with Crippen LogP contribution in [0.2, 0.25) is 0 Å². The molecule has 0 spiro atoms. The van der Waals surface area contributed by atoms with Gasteiger partial charge < -0.3 is 15.1 Å². The fraction of sp³-hybridized carbons (Fsp3) is 0.231. The van der Waals surface area contributed by atoms with Gasteiger partial charge in [-0.05, 0) is 24.3 Å². The Labute approximate surface area is 104 Å². The number of halogens is 2. The maximum atomic E-state index is 13.7. The molecule has 0 amide bonds. The number of rotatable bonds is 5. The van der Waals surface area contributed by atoms with E-state index in [0.717, 1.165) is 6.07 Å². The number of hydrogen-bond donors (Lipinski definition) is 1. The van der Waals surface area contributed by atoms with Crippen molar-refractivity contribution in [1.82, 2.24) is 0 Å². The van der Waals surface area contributed by atoms with Crippen molar-refractivity contribution in [3.05, 3.63) is 54.0 Å². The molecule has 1 aromatic heterocycles. The standard InChI is InChI=1S/C13H14F2N2O/c14-10-3-4-13(12(15)8-10)17(6-5-16)9-11-2-1-7-18-11/h1-4,7-8H,5-6,9,16H2. The van der Waals surface area contributed by atoms with Gasteiger partial charge in [0.2, 0.25) is 0 Å². The Kier molecular flexibility index (Phi) is 3.94. The van der Waals surface area contributed by atoms with E-state index in [0.29, 0.717) is 31.1 Å². The first-order valence-corrected chi connectivity index (χ1v) is 5.63. The highest BCUT2D eigenvalue weighted by Crippen LogP contribution is 2.22. The Morgan fingerprint density at radius 2 is 2.06 bits per heavy atom. The van der Waals surface area contributed by atoms with E-state index in [1.54, 1.807) is 23.3 Å². The summed E-state index contributed by atoms with van der Waals surface area (Å²) >= 11 is 0. The molecule has 0 fully saturated rings. The van der Waals surface area contributed by atoms with Crippen LogP contribution in [0.4, 0.5) is 14.5 Å². The molecule has 0 saturated heterocycles. The van der Waals surface area contributed by atoms with Gasteiger partial charge in [0.15, 0.2) is 0 Å².